The van der Waals surface area contributed by atoms with Crippen LogP contribution in [0.2, 0.25) is 0 Å². The summed E-state index contributed by atoms with van der Waals surface area (Å²) in [5, 5.41) is 0. The van der Waals surface area contributed by atoms with Crippen molar-refractivity contribution in [2.24, 2.45) is 34.0 Å². The van der Waals surface area contributed by atoms with Crippen LogP contribution in [-0.2, 0) is 33.3 Å². The average molecular weight is 765 g/mol. The van der Waals surface area contributed by atoms with Crippen LogP contribution in [0.3, 0.4) is 0 Å². The third kappa shape index (κ3) is 14.7. The summed E-state index contributed by atoms with van der Waals surface area (Å²) in [6, 6.07) is 0. The summed E-state index contributed by atoms with van der Waals surface area (Å²) in [7, 11) is 0. The second-order valence-corrected chi connectivity index (χ2v) is 19.5. The van der Waals surface area contributed by atoms with Crippen molar-refractivity contribution in [1.29, 1.82) is 0 Å². The summed E-state index contributed by atoms with van der Waals surface area (Å²) in [5.41, 5.74) is -1.96. The van der Waals surface area contributed by atoms with Crippen LogP contribution >= 0.6 is 0 Å². The standard InChI is InChI=1S/C17H32O2.C16H30O2.C14H26O3/c1-6-16(4,5)15(18)19-17(7-2,8-3)14-12-10-9-11-13-14;1-6-15(3,4)14(17)18-16(5,7-2)13-11-9-8-10-12-13;1-6-13(2,3)12(15)17-14(4,5)11-7-9-16-10-8-11/h14H,6-13H2,1-5H3;13H,6-12H2,1-5H3;11H,6-10H2,1-5H3. The fourth-order valence-corrected chi connectivity index (χ4v) is 7.80. The van der Waals surface area contributed by atoms with Crippen molar-refractivity contribution < 1.29 is 33.3 Å². The molecule has 1 aliphatic heterocycles. The van der Waals surface area contributed by atoms with Crippen LogP contribution in [0.25, 0.3) is 0 Å². The second-order valence-electron chi connectivity index (χ2n) is 19.5. The highest BCUT2D eigenvalue weighted by Gasteiger charge is 2.43. The van der Waals surface area contributed by atoms with E-state index in [1.165, 1.54) is 64.2 Å². The van der Waals surface area contributed by atoms with E-state index in [1.54, 1.807) is 0 Å². The van der Waals surface area contributed by atoms with Gasteiger partial charge in [0.25, 0.3) is 0 Å². The molecule has 3 aliphatic rings. The van der Waals surface area contributed by atoms with Crippen LogP contribution in [-0.4, -0.2) is 47.9 Å². The van der Waals surface area contributed by atoms with Crippen molar-refractivity contribution in [2.75, 3.05) is 13.2 Å². The summed E-state index contributed by atoms with van der Waals surface area (Å²) in [5.74, 6) is 1.40. The molecule has 0 aromatic rings. The molecule has 0 aromatic heterocycles. The lowest BCUT2D eigenvalue weighted by Gasteiger charge is -2.42. The van der Waals surface area contributed by atoms with Gasteiger partial charge in [-0.3, -0.25) is 14.4 Å². The van der Waals surface area contributed by atoms with E-state index in [-0.39, 0.29) is 51.0 Å². The Morgan fingerprint density at radius 2 is 0.815 bits per heavy atom. The molecule has 0 N–H and O–H groups in total. The molecule has 318 valence electrons. The smallest absolute Gasteiger partial charge is 0.312 e. The van der Waals surface area contributed by atoms with Gasteiger partial charge in [-0.1, -0.05) is 80.1 Å². The highest BCUT2D eigenvalue weighted by Crippen LogP contribution is 2.42. The van der Waals surface area contributed by atoms with Gasteiger partial charge in [-0.25, -0.2) is 0 Å². The normalized spacial score (nSPS) is 19.6. The van der Waals surface area contributed by atoms with Gasteiger partial charge in [0.15, 0.2) is 0 Å². The fourth-order valence-electron chi connectivity index (χ4n) is 7.80. The first-order valence-electron chi connectivity index (χ1n) is 22.3. The molecule has 3 fully saturated rings. The van der Waals surface area contributed by atoms with Crippen LogP contribution in [0.15, 0.2) is 0 Å². The number of carbonyl (C=O) groups excluding carboxylic acids is 3. The average Bonchev–Trinajstić information content (AvgIpc) is 3.18. The zero-order chi connectivity index (χ0) is 41.4. The summed E-state index contributed by atoms with van der Waals surface area (Å²) >= 11 is 0. The largest absolute Gasteiger partial charge is 0.459 e. The molecule has 2 aliphatic carbocycles. The number of hydrogen-bond acceptors (Lipinski definition) is 7. The van der Waals surface area contributed by atoms with Gasteiger partial charge in [0.1, 0.15) is 16.8 Å². The Balaban J connectivity index is 0.000000406. The molecule has 54 heavy (non-hydrogen) atoms. The van der Waals surface area contributed by atoms with E-state index in [0.717, 1.165) is 64.6 Å². The predicted octanol–water partition coefficient (Wildman–Crippen LogP) is 13.0. The first kappa shape index (κ1) is 50.4. The molecule has 3 rings (SSSR count). The first-order chi connectivity index (χ1) is 25.1. The lowest BCUT2D eigenvalue weighted by molar-refractivity contribution is -0.180. The van der Waals surface area contributed by atoms with E-state index < -0.39 is 0 Å². The lowest BCUT2D eigenvalue weighted by atomic mass is 9.73. The minimum Gasteiger partial charge on any atom is -0.459 e. The molecule has 7 heteroatoms. The number of esters is 3. The molecule has 0 bridgehead atoms. The molecule has 0 spiro atoms. The molecular weight excluding hydrogens is 677 g/mol. The van der Waals surface area contributed by atoms with Crippen molar-refractivity contribution in [2.45, 2.75) is 236 Å². The minimum absolute atomic E-state index is 0.00993. The maximum atomic E-state index is 12.4. The Labute approximate surface area is 333 Å². The van der Waals surface area contributed by atoms with E-state index in [1.807, 2.05) is 69.2 Å². The van der Waals surface area contributed by atoms with Crippen LogP contribution in [0, 0.1) is 34.0 Å². The Bertz CT molecular complexity index is 1100. The maximum Gasteiger partial charge on any atom is 0.312 e. The quantitative estimate of drug-likeness (QED) is 0.121. The SMILES string of the molecule is CCC(C)(C)C(=O)OC(C)(C)C1CCOCC1.CCC(C)(C)C(=O)OC(C)(CC)C1CCCCC1.CCC(C)(C)C(=O)OC(CC)(CC)C1CCCCC1. The molecule has 0 aromatic carbocycles. The minimum atomic E-state index is -0.386. The first-order valence-corrected chi connectivity index (χ1v) is 22.3. The molecule has 0 radical (unpaired) electrons. The van der Waals surface area contributed by atoms with Crippen molar-refractivity contribution in [3.63, 3.8) is 0 Å². The highest BCUT2D eigenvalue weighted by atomic mass is 16.6. The molecular formula is C47H88O7. The van der Waals surface area contributed by atoms with Gasteiger partial charge in [0.05, 0.1) is 16.2 Å². The summed E-state index contributed by atoms with van der Waals surface area (Å²) in [4.78, 5) is 36.8. The zero-order valence-corrected chi connectivity index (χ0v) is 38.2. The van der Waals surface area contributed by atoms with Gasteiger partial charge in [0, 0.05) is 19.1 Å². The Kier molecular flexibility index (Phi) is 20.9. The van der Waals surface area contributed by atoms with Crippen molar-refractivity contribution in [3.8, 4) is 0 Å². The summed E-state index contributed by atoms with van der Waals surface area (Å²) in [6.07, 6.45) is 19.9. The number of carbonyl (C=O) groups is 3. The predicted molar refractivity (Wildman–Crippen MR) is 223 cm³/mol. The number of ether oxygens (including phenoxy) is 4. The van der Waals surface area contributed by atoms with Crippen LogP contribution < -0.4 is 0 Å². The molecule has 1 atom stereocenters. The third-order valence-corrected chi connectivity index (χ3v) is 14.2. The summed E-state index contributed by atoms with van der Waals surface area (Å²) in [6.45, 7) is 32.2. The molecule has 2 saturated carbocycles. The molecule has 1 saturated heterocycles. The number of rotatable bonds is 15. The van der Waals surface area contributed by atoms with Gasteiger partial charge < -0.3 is 18.9 Å². The van der Waals surface area contributed by atoms with Gasteiger partial charge in [-0.15, -0.1) is 0 Å². The summed E-state index contributed by atoms with van der Waals surface area (Å²) < 4.78 is 23.1. The fraction of sp³-hybridized carbons (Fsp3) is 0.936. The van der Waals surface area contributed by atoms with Crippen LogP contribution in [0.4, 0.5) is 0 Å². The molecule has 1 unspecified atom stereocenters. The second kappa shape index (κ2) is 22.3. The molecule has 7 nitrogen and oxygen atoms in total. The topological polar surface area (TPSA) is 88.1 Å². The highest BCUT2D eigenvalue weighted by molar-refractivity contribution is 5.77. The van der Waals surface area contributed by atoms with Crippen molar-refractivity contribution in [1.82, 2.24) is 0 Å². The Hall–Kier alpha value is -1.63. The third-order valence-electron chi connectivity index (χ3n) is 14.2. The molecule has 0 amide bonds. The van der Waals surface area contributed by atoms with Gasteiger partial charge in [-0.05, 0) is 151 Å². The van der Waals surface area contributed by atoms with Crippen molar-refractivity contribution >= 4 is 17.9 Å². The Morgan fingerprint density at radius 3 is 1.19 bits per heavy atom. The van der Waals surface area contributed by atoms with E-state index in [9.17, 15) is 14.4 Å². The van der Waals surface area contributed by atoms with Gasteiger partial charge in [-0.2, -0.15) is 0 Å². The van der Waals surface area contributed by atoms with E-state index in [4.69, 9.17) is 18.9 Å². The van der Waals surface area contributed by atoms with E-state index >= 15 is 0 Å². The van der Waals surface area contributed by atoms with Crippen LogP contribution in [0.5, 0.6) is 0 Å². The van der Waals surface area contributed by atoms with E-state index in [2.05, 4.69) is 34.6 Å². The lowest BCUT2D eigenvalue weighted by Crippen LogP contribution is -2.45. The van der Waals surface area contributed by atoms with Gasteiger partial charge >= 0.3 is 17.9 Å². The van der Waals surface area contributed by atoms with Gasteiger partial charge in [0.2, 0.25) is 0 Å². The van der Waals surface area contributed by atoms with Crippen LogP contribution in [0.1, 0.15) is 219 Å². The molecule has 1 heterocycles. The maximum absolute atomic E-state index is 12.4. The van der Waals surface area contributed by atoms with E-state index in [0.29, 0.717) is 17.8 Å². The monoisotopic (exact) mass is 765 g/mol. The Morgan fingerprint density at radius 1 is 0.444 bits per heavy atom. The number of hydrogen-bond donors (Lipinski definition) is 0. The van der Waals surface area contributed by atoms with Crippen molar-refractivity contribution in [3.05, 3.63) is 0 Å². The zero-order valence-electron chi connectivity index (χ0n) is 38.2.